The van der Waals surface area contributed by atoms with E-state index in [0.717, 1.165) is 0 Å². The topological polar surface area (TPSA) is 98.5 Å². The van der Waals surface area contributed by atoms with Gasteiger partial charge in [-0.05, 0) is 44.2 Å². The summed E-state index contributed by atoms with van der Waals surface area (Å²) in [6.07, 6.45) is -1.08. The Bertz CT molecular complexity index is 820. The lowest BCUT2D eigenvalue weighted by Crippen LogP contribution is -2.30. The Morgan fingerprint density at radius 1 is 1.20 bits per heavy atom. The lowest BCUT2D eigenvalue weighted by Gasteiger charge is -2.14. The highest BCUT2D eigenvalue weighted by atomic mass is 35.5. The van der Waals surface area contributed by atoms with Crippen LogP contribution in [0.4, 0.5) is 11.4 Å². The largest absolute Gasteiger partial charge is 0.449 e. The van der Waals surface area contributed by atoms with Crippen molar-refractivity contribution in [3.63, 3.8) is 0 Å². The summed E-state index contributed by atoms with van der Waals surface area (Å²) in [7, 11) is 0. The molecule has 1 unspecified atom stereocenters. The molecular weight excluding hydrogens is 348 g/mol. The van der Waals surface area contributed by atoms with Gasteiger partial charge >= 0.3 is 5.97 Å². The van der Waals surface area contributed by atoms with Crippen LogP contribution in [0, 0.1) is 17.0 Å². The normalized spacial score (nSPS) is 11.5. The number of nitrogens with one attached hydrogen (secondary N) is 1. The number of halogens is 1. The molecule has 0 spiro atoms. The molecule has 0 aliphatic carbocycles. The molecule has 7 nitrogen and oxygen atoms in total. The van der Waals surface area contributed by atoms with Crippen molar-refractivity contribution < 1.29 is 19.2 Å². The van der Waals surface area contributed by atoms with Crippen LogP contribution in [0.3, 0.4) is 0 Å². The summed E-state index contributed by atoms with van der Waals surface area (Å²) in [5, 5.41) is 14.0. The number of carbonyl (C=O) groups is 2. The molecule has 1 amide bonds. The van der Waals surface area contributed by atoms with Crippen molar-refractivity contribution in [2.75, 3.05) is 5.32 Å². The highest BCUT2D eigenvalue weighted by Gasteiger charge is 2.23. The van der Waals surface area contributed by atoms with E-state index in [1.54, 1.807) is 24.3 Å². The Morgan fingerprint density at radius 3 is 2.44 bits per heavy atom. The molecule has 2 rings (SSSR count). The van der Waals surface area contributed by atoms with Gasteiger partial charge in [0.05, 0.1) is 10.5 Å². The van der Waals surface area contributed by atoms with E-state index in [-0.39, 0.29) is 16.8 Å². The second kappa shape index (κ2) is 7.76. The fourth-order valence-electron chi connectivity index (χ4n) is 2.10. The number of nitro groups is 1. The van der Waals surface area contributed by atoms with E-state index in [1.165, 1.54) is 32.0 Å². The Balaban J connectivity index is 2.07. The summed E-state index contributed by atoms with van der Waals surface area (Å²) >= 11 is 5.77. The molecule has 130 valence electrons. The standard InChI is InChI=1S/C17H15ClN2O5/c1-10-14(4-3-5-15(10)20(23)24)17(22)25-11(2)16(21)19-13-8-6-12(18)7-9-13/h3-9,11H,1-2H3,(H,19,21). The lowest BCUT2D eigenvalue weighted by atomic mass is 10.1. The van der Waals surface area contributed by atoms with Crippen molar-refractivity contribution in [2.45, 2.75) is 20.0 Å². The third kappa shape index (κ3) is 4.54. The van der Waals surface area contributed by atoms with Crippen LogP contribution < -0.4 is 5.32 Å². The van der Waals surface area contributed by atoms with Gasteiger partial charge in [-0.15, -0.1) is 0 Å². The van der Waals surface area contributed by atoms with Crippen molar-refractivity contribution in [3.8, 4) is 0 Å². The molecule has 8 heteroatoms. The number of benzene rings is 2. The fourth-order valence-corrected chi connectivity index (χ4v) is 2.22. The number of anilines is 1. The SMILES string of the molecule is Cc1c(C(=O)OC(C)C(=O)Nc2ccc(Cl)cc2)cccc1[N+](=O)[O-]. The molecule has 1 N–H and O–H groups in total. The lowest BCUT2D eigenvalue weighted by molar-refractivity contribution is -0.385. The van der Waals surface area contributed by atoms with Crippen LogP contribution in [-0.4, -0.2) is 22.9 Å². The summed E-state index contributed by atoms with van der Waals surface area (Å²) in [5.41, 5.74) is 0.541. The van der Waals surface area contributed by atoms with Gasteiger partial charge in [-0.1, -0.05) is 17.7 Å². The van der Waals surface area contributed by atoms with Gasteiger partial charge in [-0.3, -0.25) is 14.9 Å². The van der Waals surface area contributed by atoms with Crippen molar-refractivity contribution in [3.05, 3.63) is 68.7 Å². The van der Waals surface area contributed by atoms with Gasteiger partial charge in [-0.2, -0.15) is 0 Å². The first kappa shape index (κ1) is 18.4. The number of hydrogen-bond donors (Lipinski definition) is 1. The highest BCUT2D eigenvalue weighted by Crippen LogP contribution is 2.22. The molecule has 0 heterocycles. The predicted octanol–water partition coefficient (Wildman–Crippen LogP) is 3.74. The molecule has 0 aliphatic heterocycles. The third-order valence-electron chi connectivity index (χ3n) is 3.49. The Labute approximate surface area is 148 Å². The van der Waals surface area contributed by atoms with Gasteiger partial charge in [0.1, 0.15) is 0 Å². The predicted molar refractivity (Wildman–Crippen MR) is 92.8 cm³/mol. The number of nitro benzene ring substituents is 1. The van der Waals surface area contributed by atoms with E-state index in [9.17, 15) is 19.7 Å². The molecule has 1 atom stereocenters. The third-order valence-corrected chi connectivity index (χ3v) is 3.74. The minimum Gasteiger partial charge on any atom is -0.449 e. The number of ether oxygens (including phenoxy) is 1. The number of rotatable bonds is 5. The van der Waals surface area contributed by atoms with E-state index in [2.05, 4.69) is 5.32 Å². The molecule has 0 saturated carbocycles. The van der Waals surface area contributed by atoms with Crippen molar-refractivity contribution in [1.29, 1.82) is 0 Å². The molecule has 25 heavy (non-hydrogen) atoms. The first-order valence-corrected chi connectivity index (χ1v) is 7.69. The van der Waals surface area contributed by atoms with Crippen LogP contribution in [0.5, 0.6) is 0 Å². The molecule has 0 aromatic heterocycles. The molecule has 0 bridgehead atoms. The van der Waals surface area contributed by atoms with Crippen LogP contribution in [0.25, 0.3) is 0 Å². The van der Waals surface area contributed by atoms with Gasteiger partial charge in [-0.25, -0.2) is 4.79 Å². The first-order valence-electron chi connectivity index (χ1n) is 7.31. The van der Waals surface area contributed by atoms with Gasteiger partial charge in [0.2, 0.25) is 0 Å². The quantitative estimate of drug-likeness (QED) is 0.496. The average Bonchev–Trinajstić information content (AvgIpc) is 2.56. The highest BCUT2D eigenvalue weighted by molar-refractivity contribution is 6.30. The fraction of sp³-hybridized carbons (Fsp3) is 0.176. The monoisotopic (exact) mass is 362 g/mol. The molecule has 0 radical (unpaired) electrons. The maximum atomic E-state index is 12.2. The smallest absolute Gasteiger partial charge is 0.339 e. The molecule has 2 aromatic carbocycles. The van der Waals surface area contributed by atoms with Crippen molar-refractivity contribution in [2.24, 2.45) is 0 Å². The van der Waals surface area contributed by atoms with Crippen LogP contribution in [0.1, 0.15) is 22.8 Å². The van der Waals surface area contributed by atoms with Crippen molar-refractivity contribution >= 4 is 34.9 Å². The van der Waals surface area contributed by atoms with Gasteiger partial charge < -0.3 is 10.1 Å². The Hall–Kier alpha value is -2.93. The summed E-state index contributed by atoms with van der Waals surface area (Å²) in [6.45, 7) is 2.86. The van der Waals surface area contributed by atoms with Crippen LogP contribution in [0.15, 0.2) is 42.5 Å². The number of hydrogen-bond acceptors (Lipinski definition) is 5. The van der Waals surface area contributed by atoms with Gasteiger partial charge in [0.15, 0.2) is 6.10 Å². The van der Waals surface area contributed by atoms with E-state index in [1.807, 2.05) is 0 Å². The Morgan fingerprint density at radius 2 is 1.84 bits per heavy atom. The first-order chi connectivity index (χ1) is 11.8. The maximum absolute atomic E-state index is 12.2. The Kier molecular flexibility index (Phi) is 5.71. The van der Waals surface area contributed by atoms with E-state index >= 15 is 0 Å². The van der Waals surface area contributed by atoms with Crippen LogP contribution in [-0.2, 0) is 9.53 Å². The molecule has 0 saturated heterocycles. The summed E-state index contributed by atoms with van der Waals surface area (Å²) in [6, 6.07) is 10.5. The summed E-state index contributed by atoms with van der Waals surface area (Å²) in [4.78, 5) is 34.7. The maximum Gasteiger partial charge on any atom is 0.339 e. The molecule has 2 aromatic rings. The van der Waals surface area contributed by atoms with Crippen molar-refractivity contribution in [1.82, 2.24) is 0 Å². The number of nitrogens with zero attached hydrogens (tertiary/aromatic N) is 1. The number of carbonyl (C=O) groups excluding carboxylic acids is 2. The minimum absolute atomic E-state index is 0.0420. The molecule has 0 fully saturated rings. The van der Waals surface area contributed by atoms with Crippen LogP contribution in [0.2, 0.25) is 5.02 Å². The second-order valence-electron chi connectivity index (χ2n) is 5.25. The molecule has 0 aliphatic rings. The average molecular weight is 363 g/mol. The zero-order valence-corrected chi connectivity index (χ0v) is 14.2. The van der Waals surface area contributed by atoms with Gasteiger partial charge in [0.25, 0.3) is 11.6 Å². The molecular formula is C17H15ClN2O5. The number of esters is 1. The van der Waals surface area contributed by atoms with E-state index in [4.69, 9.17) is 16.3 Å². The second-order valence-corrected chi connectivity index (χ2v) is 5.69. The van der Waals surface area contributed by atoms with E-state index < -0.39 is 22.9 Å². The zero-order chi connectivity index (χ0) is 18.6. The number of amides is 1. The van der Waals surface area contributed by atoms with Gasteiger partial charge in [0, 0.05) is 22.3 Å². The zero-order valence-electron chi connectivity index (χ0n) is 13.5. The summed E-state index contributed by atoms with van der Waals surface area (Å²) < 4.78 is 5.11. The van der Waals surface area contributed by atoms with E-state index in [0.29, 0.717) is 10.7 Å². The minimum atomic E-state index is -1.08. The van der Waals surface area contributed by atoms with Crippen LogP contribution >= 0.6 is 11.6 Å². The summed E-state index contributed by atoms with van der Waals surface area (Å²) in [5.74, 6) is -1.33.